The van der Waals surface area contributed by atoms with Crippen LogP contribution < -0.4 is 0 Å². The van der Waals surface area contributed by atoms with Gasteiger partial charge in [0, 0.05) is 32.3 Å². The minimum Gasteiger partial charge on any atom is -0.276 e. The zero-order chi connectivity index (χ0) is 17.4. The maximum atomic E-state index is 13.1. The highest BCUT2D eigenvalue weighted by Crippen LogP contribution is 2.35. The molecule has 5 nitrogen and oxygen atoms in total. The van der Waals surface area contributed by atoms with E-state index in [0.717, 1.165) is 11.1 Å². The van der Waals surface area contributed by atoms with E-state index in [9.17, 15) is 8.42 Å². The molecule has 1 aromatic heterocycles. The Morgan fingerprint density at radius 2 is 1.76 bits per heavy atom. The number of fused-ring (bicyclic) bond motifs is 1. The first-order valence-electron chi connectivity index (χ1n) is 8.17. The monoisotopic (exact) mass is 353 g/mol. The number of hydrogen-bond donors (Lipinski definition) is 0. The van der Waals surface area contributed by atoms with Crippen LogP contribution in [0.25, 0.3) is 0 Å². The molecule has 4 rings (SSSR count). The first-order chi connectivity index (χ1) is 12.1. The molecule has 128 valence electrons. The van der Waals surface area contributed by atoms with Crippen molar-refractivity contribution in [2.24, 2.45) is 7.05 Å². The third kappa shape index (κ3) is 2.88. The third-order valence-corrected chi connectivity index (χ3v) is 6.50. The van der Waals surface area contributed by atoms with Crippen LogP contribution in [0.5, 0.6) is 0 Å². The first-order valence-corrected chi connectivity index (χ1v) is 9.61. The molecule has 0 saturated heterocycles. The molecule has 2 heterocycles. The predicted octanol–water partition coefficient (Wildman–Crippen LogP) is 2.76. The van der Waals surface area contributed by atoms with Gasteiger partial charge in [0.1, 0.15) is 0 Å². The van der Waals surface area contributed by atoms with Gasteiger partial charge in [-0.2, -0.15) is 9.40 Å². The molecule has 0 amide bonds. The van der Waals surface area contributed by atoms with Gasteiger partial charge in [0.15, 0.2) is 0 Å². The van der Waals surface area contributed by atoms with Gasteiger partial charge in [-0.1, -0.05) is 42.5 Å². The highest BCUT2D eigenvalue weighted by Gasteiger charge is 2.34. The highest BCUT2D eigenvalue weighted by atomic mass is 32.2. The molecule has 0 saturated carbocycles. The van der Waals surface area contributed by atoms with Crippen molar-refractivity contribution in [2.45, 2.75) is 17.4 Å². The fourth-order valence-corrected chi connectivity index (χ4v) is 4.86. The summed E-state index contributed by atoms with van der Waals surface area (Å²) in [6.07, 6.45) is 3.78. The average Bonchev–Trinajstić information content (AvgIpc) is 3.07. The minimum atomic E-state index is -3.53. The second-order valence-corrected chi connectivity index (χ2v) is 8.25. The Morgan fingerprint density at radius 3 is 2.48 bits per heavy atom. The molecule has 0 radical (unpaired) electrons. The van der Waals surface area contributed by atoms with E-state index in [-0.39, 0.29) is 5.92 Å². The molecule has 6 heteroatoms. The van der Waals surface area contributed by atoms with E-state index in [1.165, 1.54) is 5.56 Å². The number of aromatic nitrogens is 2. The van der Waals surface area contributed by atoms with Gasteiger partial charge in [-0.15, -0.1) is 0 Å². The summed E-state index contributed by atoms with van der Waals surface area (Å²) in [5.74, 6) is -0.0165. The summed E-state index contributed by atoms with van der Waals surface area (Å²) in [6.45, 7) is 0.810. The normalized spacial score (nSPS) is 18.0. The van der Waals surface area contributed by atoms with Crippen LogP contribution in [0.3, 0.4) is 0 Å². The van der Waals surface area contributed by atoms with Crippen LogP contribution in [0.15, 0.2) is 71.9 Å². The molecule has 0 aliphatic carbocycles. The Bertz CT molecular complexity index is 996. The number of benzene rings is 2. The second-order valence-electron chi connectivity index (χ2n) is 6.31. The smallest absolute Gasteiger partial charge is 0.243 e. The van der Waals surface area contributed by atoms with Gasteiger partial charge in [-0.25, -0.2) is 8.42 Å². The van der Waals surface area contributed by atoms with Crippen LogP contribution in [0.2, 0.25) is 0 Å². The summed E-state index contributed by atoms with van der Waals surface area (Å²) in [5.41, 5.74) is 3.25. The third-order valence-electron chi connectivity index (χ3n) is 4.67. The maximum Gasteiger partial charge on any atom is 0.243 e. The molecule has 1 aliphatic heterocycles. The van der Waals surface area contributed by atoms with Crippen LogP contribution in [0.1, 0.15) is 22.6 Å². The summed E-state index contributed by atoms with van der Waals surface area (Å²) in [5, 5.41) is 4.26. The fourth-order valence-electron chi connectivity index (χ4n) is 3.40. The minimum absolute atomic E-state index is 0.0165. The average molecular weight is 353 g/mol. The van der Waals surface area contributed by atoms with Gasteiger partial charge in [0.05, 0.1) is 11.1 Å². The Balaban J connectivity index is 1.78. The van der Waals surface area contributed by atoms with Crippen LogP contribution in [-0.2, 0) is 23.6 Å². The van der Waals surface area contributed by atoms with Gasteiger partial charge in [-0.3, -0.25) is 4.68 Å². The largest absolute Gasteiger partial charge is 0.276 e. The van der Waals surface area contributed by atoms with E-state index >= 15 is 0 Å². The molecule has 0 bridgehead atoms. The van der Waals surface area contributed by atoms with E-state index in [1.54, 1.807) is 33.3 Å². The van der Waals surface area contributed by atoms with Gasteiger partial charge >= 0.3 is 0 Å². The Morgan fingerprint density at radius 1 is 1.04 bits per heavy atom. The topological polar surface area (TPSA) is 55.2 Å². The van der Waals surface area contributed by atoms with Crippen molar-refractivity contribution < 1.29 is 8.42 Å². The van der Waals surface area contributed by atoms with Gasteiger partial charge in [0.25, 0.3) is 0 Å². The lowest BCUT2D eigenvalue weighted by Crippen LogP contribution is -2.38. The molecular weight excluding hydrogens is 334 g/mol. The van der Waals surface area contributed by atoms with Crippen molar-refractivity contribution in [1.82, 2.24) is 14.1 Å². The van der Waals surface area contributed by atoms with Crippen molar-refractivity contribution in [2.75, 3.05) is 6.54 Å². The number of aryl methyl sites for hydroxylation is 1. The van der Waals surface area contributed by atoms with Crippen molar-refractivity contribution in [3.63, 3.8) is 0 Å². The molecule has 0 fully saturated rings. The number of hydrogen-bond acceptors (Lipinski definition) is 3. The zero-order valence-corrected chi connectivity index (χ0v) is 14.7. The summed E-state index contributed by atoms with van der Waals surface area (Å²) in [4.78, 5) is 0.333. The molecular formula is C19H19N3O2S. The summed E-state index contributed by atoms with van der Waals surface area (Å²) >= 11 is 0. The van der Waals surface area contributed by atoms with E-state index < -0.39 is 10.0 Å². The molecule has 0 N–H and O–H groups in total. The number of rotatable bonds is 3. The van der Waals surface area contributed by atoms with Crippen molar-refractivity contribution in [3.8, 4) is 0 Å². The second kappa shape index (κ2) is 6.13. The molecule has 0 spiro atoms. The predicted molar refractivity (Wildman–Crippen MR) is 95.5 cm³/mol. The summed E-state index contributed by atoms with van der Waals surface area (Å²) < 4.78 is 29.5. The number of nitrogens with zero attached hydrogens (tertiary/aromatic N) is 3. The Hall–Kier alpha value is -2.44. The van der Waals surface area contributed by atoms with Gasteiger partial charge in [-0.05, 0) is 28.8 Å². The van der Waals surface area contributed by atoms with E-state index in [1.807, 2.05) is 43.7 Å². The van der Waals surface area contributed by atoms with E-state index in [2.05, 4.69) is 11.2 Å². The van der Waals surface area contributed by atoms with Crippen molar-refractivity contribution >= 4 is 10.0 Å². The van der Waals surface area contributed by atoms with Crippen LogP contribution in [0.4, 0.5) is 0 Å². The van der Waals surface area contributed by atoms with Crippen molar-refractivity contribution in [1.29, 1.82) is 0 Å². The molecule has 1 atom stereocenters. The molecule has 2 aromatic carbocycles. The molecule has 25 heavy (non-hydrogen) atoms. The van der Waals surface area contributed by atoms with E-state index in [4.69, 9.17) is 0 Å². The van der Waals surface area contributed by atoms with Crippen LogP contribution in [0, 0.1) is 0 Å². The lowest BCUT2D eigenvalue weighted by molar-refractivity contribution is 0.371. The maximum absolute atomic E-state index is 13.1. The summed E-state index contributed by atoms with van der Waals surface area (Å²) in [7, 11) is -1.66. The first kappa shape index (κ1) is 16.1. The Kier molecular flexibility index (Phi) is 3.94. The quantitative estimate of drug-likeness (QED) is 0.727. The SMILES string of the molecule is Cn1cc(C2CN(S(=O)(=O)c3ccccc3)Cc3ccccc32)cn1. The lowest BCUT2D eigenvalue weighted by Gasteiger charge is -2.33. The molecule has 3 aromatic rings. The Labute approximate surface area is 147 Å². The van der Waals surface area contributed by atoms with Gasteiger partial charge < -0.3 is 0 Å². The number of sulfonamides is 1. The lowest BCUT2D eigenvalue weighted by atomic mass is 9.87. The van der Waals surface area contributed by atoms with Crippen molar-refractivity contribution in [3.05, 3.63) is 83.7 Å². The van der Waals surface area contributed by atoms with Crippen LogP contribution >= 0.6 is 0 Å². The van der Waals surface area contributed by atoms with Crippen LogP contribution in [-0.4, -0.2) is 29.0 Å². The standard InChI is InChI=1S/C19H19N3O2S/c1-21-12-16(11-20-21)19-14-22(13-15-7-5-6-10-18(15)19)25(23,24)17-8-3-2-4-9-17/h2-12,19H,13-14H2,1H3. The van der Waals surface area contributed by atoms with Gasteiger partial charge in [0.2, 0.25) is 10.0 Å². The molecule has 1 unspecified atom stereocenters. The fraction of sp³-hybridized carbons (Fsp3) is 0.211. The van der Waals surface area contributed by atoms with E-state index in [0.29, 0.717) is 18.0 Å². The summed E-state index contributed by atoms with van der Waals surface area (Å²) in [6, 6.07) is 16.7. The molecule has 1 aliphatic rings. The highest BCUT2D eigenvalue weighted by molar-refractivity contribution is 7.89. The zero-order valence-electron chi connectivity index (χ0n) is 13.9.